The molecule has 0 bridgehead atoms. The summed E-state index contributed by atoms with van der Waals surface area (Å²) in [6.07, 6.45) is 3.62. The summed E-state index contributed by atoms with van der Waals surface area (Å²) in [7, 11) is 0. The van der Waals surface area contributed by atoms with Gasteiger partial charge in [-0.25, -0.2) is 0 Å². The number of nitrogens with one attached hydrogen (secondary N) is 2. The summed E-state index contributed by atoms with van der Waals surface area (Å²) in [5, 5.41) is 6.38. The van der Waals surface area contributed by atoms with Crippen molar-refractivity contribution < 1.29 is 9.53 Å². The molecular formula is C15H29N3O2. The van der Waals surface area contributed by atoms with Crippen molar-refractivity contribution in [3.63, 3.8) is 0 Å². The molecule has 2 atom stereocenters. The van der Waals surface area contributed by atoms with Crippen LogP contribution in [0.15, 0.2) is 0 Å². The summed E-state index contributed by atoms with van der Waals surface area (Å²) < 4.78 is 5.72. The topological polar surface area (TPSA) is 53.6 Å². The highest BCUT2D eigenvalue weighted by Crippen LogP contribution is 2.12. The summed E-state index contributed by atoms with van der Waals surface area (Å²) >= 11 is 0. The van der Waals surface area contributed by atoms with Gasteiger partial charge in [-0.05, 0) is 46.2 Å². The van der Waals surface area contributed by atoms with Crippen molar-refractivity contribution in [2.75, 3.05) is 39.3 Å². The van der Waals surface area contributed by atoms with Gasteiger partial charge in [0.1, 0.15) is 0 Å². The van der Waals surface area contributed by atoms with Gasteiger partial charge in [0.15, 0.2) is 0 Å². The first kappa shape index (κ1) is 15.7. The first-order valence-electron chi connectivity index (χ1n) is 8.01. The van der Waals surface area contributed by atoms with Crippen LogP contribution in [0.4, 0.5) is 0 Å². The molecule has 1 amide bonds. The Hall–Kier alpha value is -0.650. The molecule has 116 valence electrons. The van der Waals surface area contributed by atoms with Gasteiger partial charge in [-0.15, -0.1) is 0 Å². The molecule has 5 heteroatoms. The Morgan fingerprint density at radius 3 is 2.55 bits per heavy atom. The van der Waals surface area contributed by atoms with Crippen molar-refractivity contribution in [3.05, 3.63) is 0 Å². The van der Waals surface area contributed by atoms with Crippen molar-refractivity contribution in [2.24, 2.45) is 5.92 Å². The molecule has 0 aromatic rings. The smallest absolute Gasteiger partial charge is 0.223 e. The van der Waals surface area contributed by atoms with Crippen LogP contribution in [0.25, 0.3) is 0 Å². The first-order chi connectivity index (χ1) is 9.65. The molecule has 2 heterocycles. The van der Waals surface area contributed by atoms with E-state index in [2.05, 4.69) is 29.4 Å². The number of piperidine rings is 1. The standard InChI is InChI=1S/C15H29N3O2/c1-12-10-18(11-13(2)20-12)9-3-6-17-15(19)14-4-7-16-8-5-14/h12-14,16H,3-11H2,1-2H3,(H,17,19). The van der Waals surface area contributed by atoms with Crippen LogP contribution in [-0.2, 0) is 9.53 Å². The van der Waals surface area contributed by atoms with E-state index in [1.165, 1.54) is 0 Å². The molecule has 5 nitrogen and oxygen atoms in total. The zero-order chi connectivity index (χ0) is 14.4. The number of nitrogens with zero attached hydrogens (tertiary/aromatic N) is 1. The van der Waals surface area contributed by atoms with Crippen LogP contribution < -0.4 is 10.6 Å². The highest BCUT2D eigenvalue weighted by Gasteiger charge is 2.22. The molecule has 2 aliphatic rings. The average molecular weight is 283 g/mol. The summed E-state index contributed by atoms with van der Waals surface area (Å²) in [6.45, 7) is 10.1. The van der Waals surface area contributed by atoms with E-state index in [0.29, 0.717) is 12.2 Å². The zero-order valence-corrected chi connectivity index (χ0v) is 12.9. The van der Waals surface area contributed by atoms with E-state index in [0.717, 1.165) is 58.5 Å². The van der Waals surface area contributed by atoms with E-state index in [1.54, 1.807) is 0 Å². The highest BCUT2D eigenvalue weighted by molar-refractivity contribution is 5.78. The molecule has 2 rings (SSSR count). The van der Waals surface area contributed by atoms with E-state index >= 15 is 0 Å². The van der Waals surface area contributed by atoms with Gasteiger partial charge in [0, 0.05) is 32.1 Å². The molecule has 0 radical (unpaired) electrons. The van der Waals surface area contributed by atoms with E-state index in [-0.39, 0.29) is 11.8 Å². The third-order valence-corrected chi connectivity index (χ3v) is 4.16. The molecule has 2 unspecified atom stereocenters. The fourth-order valence-corrected chi connectivity index (χ4v) is 3.21. The molecule has 2 aliphatic heterocycles. The van der Waals surface area contributed by atoms with Gasteiger partial charge in [-0.1, -0.05) is 0 Å². The Morgan fingerprint density at radius 2 is 1.90 bits per heavy atom. The molecule has 2 N–H and O–H groups in total. The second-order valence-electron chi connectivity index (χ2n) is 6.19. The lowest BCUT2D eigenvalue weighted by molar-refractivity contribution is -0.125. The molecular weight excluding hydrogens is 254 g/mol. The lowest BCUT2D eigenvalue weighted by Crippen LogP contribution is -2.46. The lowest BCUT2D eigenvalue weighted by atomic mass is 9.97. The van der Waals surface area contributed by atoms with Crippen molar-refractivity contribution >= 4 is 5.91 Å². The van der Waals surface area contributed by atoms with Gasteiger partial charge >= 0.3 is 0 Å². The number of hydrogen-bond donors (Lipinski definition) is 2. The molecule has 20 heavy (non-hydrogen) atoms. The van der Waals surface area contributed by atoms with Gasteiger partial charge < -0.3 is 15.4 Å². The van der Waals surface area contributed by atoms with Crippen molar-refractivity contribution in [1.82, 2.24) is 15.5 Å². The Bertz CT molecular complexity index is 295. The number of rotatable bonds is 5. The van der Waals surface area contributed by atoms with Gasteiger partial charge in [0.25, 0.3) is 0 Å². The molecule has 0 aromatic carbocycles. The van der Waals surface area contributed by atoms with Crippen LogP contribution in [0, 0.1) is 5.92 Å². The summed E-state index contributed by atoms with van der Waals surface area (Å²) in [6, 6.07) is 0. The maximum absolute atomic E-state index is 12.0. The SMILES string of the molecule is CC1CN(CCCNC(=O)C2CCNCC2)CC(C)O1. The predicted octanol–water partition coefficient (Wildman–Crippen LogP) is 0.602. The lowest BCUT2D eigenvalue weighted by Gasteiger charge is -2.35. The van der Waals surface area contributed by atoms with Crippen molar-refractivity contribution in [3.8, 4) is 0 Å². The maximum Gasteiger partial charge on any atom is 0.223 e. The van der Waals surface area contributed by atoms with Gasteiger partial charge in [-0.3, -0.25) is 9.69 Å². The summed E-state index contributed by atoms with van der Waals surface area (Å²) in [5.74, 6) is 0.467. The fraction of sp³-hybridized carbons (Fsp3) is 0.933. The molecule has 2 saturated heterocycles. The molecule has 0 saturated carbocycles. The van der Waals surface area contributed by atoms with Gasteiger partial charge in [0.2, 0.25) is 5.91 Å². The largest absolute Gasteiger partial charge is 0.373 e. The fourth-order valence-electron chi connectivity index (χ4n) is 3.21. The van der Waals surface area contributed by atoms with Gasteiger partial charge in [-0.2, -0.15) is 0 Å². The minimum absolute atomic E-state index is 0.222. The number of ether oxygens (including phenoxy) is 1. The maximum atomic E-state index is 12.0. The van der Waals surface area contributed by atoms with Gasteiger partial charge in [0.05, 0.1) is 12.2 Å². The van der Waals surface area contributed by atoms with Crippen molar-refractivity contribution in [2.45, 2.75) is 45.3 Å². The number of carbonyl (C=O) groups is 1. The van der Waals surface area contributed by atoms with E-state index in [4.69, 9.17) is 4.74 Å². The van der Waals surface area contributed by atoms with Crippen LogP contribution in [0.2, 0.25) is 0 Å². The highest BCUT2D eigenvalue weighted by atomic mass is 16.5. The Labute approximate surface area is 122 Å². The van der Waals surface area contributed by atoms with E-state index in [9.17, 15) is 4.79 Å². The normalized spacial score (nSPS) is 29.3. The second kappa shape index (κ2) is 7.96. The summed E-state index contributed by atoms with van der Waals surface area (Å²) in [5.41, 5.74) is 0. The number of morpholine rings is 1. The summed E-state index contributed by atoms with van der Waals surface area (Å²) in [4.78, 5) is 14.4. The molecule has 0 aromatic heterocycles. The average Bonchev–Trinajstić information content (AvgIpc) is 2.43. The van der Waals surface area contributed by atoms with Crippen LogP contribution >= 0.6 is 0 Å². The third kappa shape index (κ3) is 5.04. The first-order valence-corrected chi connectivity index (χ1v) is 8.01. The van der Waals surface area contributed by atoms with Crippen LogP contribution in [0.5, 0.6) is 0 Å². The molecule has 2 fully saturated rings. The number of carbonyl (C=O) groups excluding carboxylic acids is 1. The van der Waals surface area contributed by atoms with E-state index in [1.807, 2.05) is 0 Å². The van der Waals surface area contributed by atoms with Crippen LogP contribution in [0.3, 0.4) is 0 Å². The Morgan fingerprint density at radius 1 is 1.25 bits per heavy atom. The van der Waals surface area contributed by atoms with Crippen molar-refractivity contribution in [1.29, 1.82) is 0 Å². The third-order valence-electron chi connectivity index (χ3n) is 4.16. The van der Waals surface area contributed by atoms with Crippen LogP contribution in [0.1, 0.15) is 33.1 Å². The number of hydrogen-bond acceptors (Lipinski definition) is 4. The minimum atomic E-state index is 0.222. The molecule has 0 spiro atoms. The Balaban J connectivity index is 1.57. The zero-order valence-electron chi connectivity index (χ0n) is 12.9. The quantitative estimate of drug-likeness (QED) is 0.726. The second-order valence-corrected chi connectivity index (χ2v) is 6.19. The van der Waals surface area contributed by atoms with Crippen LogP contribution in [-0.4, -0.2) is 62.3 Å². The predicted molar refractivity (Wildman–Crippen MR) is 79.7 cm³/mol. The molecule has 0 aliphatic carbocycles. The van der Waals surface area contributed by atoms with E-state index < -0.39 is 0 Å². The minimum Gasteiger partial charge on any atom is -0.373 e. The number of amides is 1. The monoisotopic (exact) mass is 283 g/mol. The Kier molecular flexibility index (Phi) is 6.26.